The zero-order valence-electron chi connectivity index (χ0n) is 2.86. The van der Waals surface area contributed by atoms with Crippen LogP contribution in [-0.2, 0) is 43.6 Å². The first-order valence-electron chi connectivity index (χ1n) is 0.736. The molecule has 0 spiro atoms. The van der Waals surface area contributed by atoms with E-state index >= 15 is 0 Å². The summed E-state index contributed by atoms with van der Waals surface area (Å²) >= 11 is 0. The summed E-state index contributed by atoms with van der Waals surface area (Å²) in [5, 5.41) is 3.77. The molecule has 0 rings (SSSR count). The van der Waals surface area contributed by atoms with E-state index in [9.17, 15) is 0 Å². The van der Waals surface area contributed by atoms with Crippen molar-refractivity contribution in [1.82, 2.24) is 0 Å². The first-order chi connectivity index (χ1) is 2.00. The molecule has 0 saturated heterocycles. The minimum absolute atomic E-state index is 0. The van der Waals surface area contributed by atoms with Crippen molar-refractivity contribution in [1.29, 1.82) is 0 Å². The molecule has 0 amide bonds. The van der Waals surface area contributed by atoms with Crippen molar-refractivity contribution in [2.75, 3.05) is 0 Å². The topological polar surface area (TPSA) is 83.2 Å². The Kier molecular flexibility index (Phi) is 11.2. The molecule has 0 aliphatic carbocycles. The van der Waals surface area contributed by atoms with Gasteiger partial charge in [0, 0.05) is 0 Å². The van der Waals surface area contributed by atoms with Gasteiger partial charge in [0.25, 0.3) is 0 Å². The van der Waals surface area contributed by atoms with E-state index in [1.807, 2.05) is 0 Å². The van der Waals surface area contributed by atoms with Gasteiger partial charge in [-0.15, -0.1) is 0 Å². The van der Waals surface area contributed by atoms with Gasteiger partial charge in [-0.05, 0) is 0 Å². The molecular weight excluding hydrogens is 212 g/mol. The van der Waals surface area contributed by atoms with Gasteiger partial charge in [0.1, 0.15) is 0 Å². The van der Waals surface area contributed by atoms with Crippen molar-refractivity contribution in [2.24, 2.45) is 5.14 Å². The van der Waals surface area contributed by atoms with Gasteiger partial charge >= 0.3 is 33.3 Å². The Morgan fingerprint density at radius 1 is 1.43 bits per heavy atom. The molecular formula is H2CoNNiO3S+3. The summed E-state index contributed by atoms with van der Waals surface area (Å²) in [5.41, 5.74) is 0. The summed E-state index contributed by atoms with van der Waals surface area (Å²) in [5.74, 6) is 0. The van der Waals surface area contributed by atoms with Crippen LogP contribution in [0.25, 0.3) is 0 Å². The Hall–Kier alpha value is 0.870. The second kappa shape index (κ2) is 5.02. The molecule has 0 aromatic carbocycles. The van der Waals surface area contributed by atoms with Crippen molar-refractivity contribution in [3.63, 3.8) is 0 Å². The molecule has 7 heavy (non-hydrogen) atoms. The van der Waals surface area contributed by atoms with Gasteiger partial charge in [-0.2, -0.15) is 0 Å². The molecule has 0 saturated carbocycles. The Morgan fingerprint density at radius 3 is 1.43 bits per heavy atom. The minimum atomic E-state index is -4.42. The maximum absolute atomic E-state index is 8.85. The van der Waals surface area contributed by atoms with Gasteiger partial charge in [-0.3, -0.25) is 0 Å². The van der Waals surface area contributed by atoms with Crippen LogP contribution in [0.3, 0.4) is 0 Å². The van der Waals surface area contributed by atoms with Crippen LogP contribution in [0.5, 0.6) is 0 Å². The molecule has 0 aliphatic heterocycles. The van der Waals surface area contributed by atoms with E-state index in [2.05, 4.69) is 5.14 Å². The van der Waals surface area contributed by atoms with Crippen LogP contribution in [0, 0.1) is 0 Å². The third-order valence-corrected chi connectivity index (χ3v) is 0. The fourth-order valence-electron chi connectivity index (χ4n) is 0. The summed E-state index contributed by atoms with van der Waals surface area (Å²) in [6, 6.07) is 0. The molecule has 0 aromatic heterocycles. The van der Waals surface area contributed by atoms with Crippen molar-refractivity contribution in [3.05, 3.63) is 0 Å². The van der Waals surface area contributed by atoms with Gasteiger partial charge in [-0.1, -0.05) is 0 Å². The van der Waals surface area contributed by atoms with E-state index < -0.39 is 10.3 Å². The molecule has 47 valence electrons. The third kappa shape index (κ3) is 215. The van der Waals surface area contributed by atoms with Gasteiger partial charge in [-0.25, -0.2) is 13.6 Å². The van der Waals surface area contributed by atoms with Crippen molar-refractivity contribution < 1.29 is 46.2 Å². The molecule has 1 radical (unpaired) electrons. The molecule has 0 aromatic rings. The fraction of sp³-hybridized carbons (Fsp3) is 0. The normalized spacial score (nSPS) is 8.29. The number of hydrogen-bond acceptors (Lipinski definition) is 3. The second-order valence-electron chi connectivity index (χ2n) is 0.493. The predicted octanol–water partition coefficient (Wildman–Crippen LogP) is -1.60. The number of nitrogens with two attached hydrogens (primary N) is 1. The average molecular weight is 214 g/mol. The molecule has 0 unspecified atom stereocenters. The maximum Gasteiger partial charge on any atom is 2.00 e. The standard InChI is InChI=1S/Co.H3NO3S.Ni/c;1-5(2,3)4;/h;(H3,1,2,3,4);/q+2;;+2/p-1. The summed E-state index contributed by atoms with van der Waals surface area (Å²) in [6.45, 7) is 0. The molecule has 7 heteroatoms. The zero-order valence-corrected chi connectivity index (χ0v) is 5.71. The van der Waals surface area contributed by atoms with E-state index in [4.69, 9.17) is 13.0 Å². The van der Waals surface area contributed by atoms with Crippen LogP contribution in [0.15, 0.2) is 0 Å². The van der Waals surface area contributed by atoms with E-state index in [0.717, 1.165) is 0 Å². The number of hydrogen-bond donors (Lipinski definition) is 1. The second-order valence-corrected chi connectivity index (χ2v) is 1.48. The number of rotatable bonds is 0. The average Bonchev–Trinajstić information content (AvgIpc) is 0.722. The maximum atomic E-state index is 8.85. The first-order valence-corrected chi connectivity index (χ1v) is 2.21. The van der Waals surface area contributed by atoms with Crippen LogP contribution in [0.2, 0.25) is 0 Å². The Morgan fingerprint density at radius 2 is 1.43 bits per heavy atom. The monoisotopic (exact) mass is 213 g/mol. The Labute approximate surface area is 61.8 Å². The van der Waals surface area contributed by atoms with Crippen LogP contribution < -0.4 is 5.14 Å². The van der Waals surface area contributed by atoms with E-state index in [0.29, 0.717) is 0 Å². The van der Waals surface area contributed by atoms with E-state index in [1.54, 1.807) is 0 Å². The first kappa shape index (κ1) is 15.7. The molecule has 4 nitrogen and oxygen atoms in total. The van der Waals surface area contributed by atoms with Gasteiger partial charge in [0.05, 0.1) is 0 Å². The summed E-state index contributed by atoms with van der Waals surface area (Å²) in [4.78, 5) is 0. The summed E-state index contributed by atoms with van der Waals surface area (Å²) in [6.07, 6.45) is 0. The summed E-state index contributed by atoms with van der Waals surface area (Å²) < 4.78 is 26.6. The SMILES string of the molecule is NS(=O)(=O)[O-].[Co+2].[Ni+2]. The smallest absolute Gasteiger partial charge is 0.736 e. The van der Waals surface area contributed by atoms with Crippen LogP contribution >= 0.6 is 0 Å². The molecule has 0 bridgehead atoms. The van der Waals surface area contributed by atoms with Gasteiger partial charge in [0.15, 0.2) is 10.3 Å². The van der Waals surface area contributed by atoms with Crippen molar-refractivity contribution in [3.8, 4) is 0 Å². The van der Waals surface area contributed by atoms with Crippen LogP contribution in [0.1, 0.15) is 0 Å². The molecule has 2 N–H and O–H groups in total. The van der Waals surface area contributed by atoms with Crippen molar-refractivity contribution >= 4 is 10.3 Å². The van der Waals surface area contributed by atoms with Crippen LogP contribution in [0.4, 0.5) is 0 Å². The Balaban J connectivity index is -0.0000000800. The zero-order chi connectivity index (χ0) is 4.50. The predicted molar refractivity (Wildman–Crippen MR) is 13.9 cm³/mol. The third-order valence-electron chi connectivity index (χ3n) is 0. The molecule has 0 atom stereocenters. The molecule has 0 heterocycles. The van der Waals surface area contributed by atoms with Crippen LogP contribution in [-0.4, -0.2) is 13.0 Å². The summed E-state index contributed by atoms with van der Waals surface area (Å²) in [7, 11) is -4.42. The molecule has 0 aliphatic rings. The molecule has 0 fully saturated rings. The Bertz CT molecular complexity index is 98.1. The quantitative estimate of drug-likeness (QED) is 0.389. The van der Waals surface area contributed by atoms with E-state index in [1.165, 1.54) is 0 Å². The fourth-order valence-corrected chi connectivity index (χ4v) is 0. The van der Waals surface area contributed by atoms with Gasteiger partial charge in [0.2, 0.25) is 0 Å². The minimum Gasteiger partial charge on any atom is -0.736 e. The van der Waals surface area contributed by atoms with E-state index in [-0.39, 0.29) is 33.3 Å². The largest absolute Gasteiger partial charge is 2.00 e. The van der Waals surface area contributed by atoms with Gasteiger partial charge < -0.3 is 4.55 Å². The van der Waals surface area contributed by atoms with Crippen molar-refractivity contribution in [2.45, 2.75) is 0 Å².